The van der Waals surface area contributed by atoms with Crippen LogP contribution >= 0.6 is 0 Å². The largest absolute Gasteiger partial charge is 0.356 e. The van der Waals surface area contributed by atoms with E-state index in [-0.39, 0.29) is 17.6 Å². The van der Waals surface area contributed by atoms with E-state index in [1.165, 1.54) is 0 Å². The molecule has 0 bridgehead atoms. The maximum atomic E-state index is 12.7. The Balaban J connectivity index is 1.81. The van der Waals surface area contributed by atoms with Gasteiger partial charge in [-0.2, -0.15) is 0 Å². The number of sulfonamides is 1. The molecule has 3 aromatic rings. The van der Waals surface area contributed by atoms with Crippen LogP contribution in [-0.4, -0.2) is 19.6 Å². The molecule has 0 aliphatic rings. The number of aryl methyl sites for hydroxylation is 2. The van der Waals surface area contributed by atoms with Gasteiger partial charge in [0.05, 0.1) is 11.4 Å². The van der Waals surface area contributed by atoms with E-state index in [0.717, 1.165) is 22.1 Å². The molecule has 0 atom stereocenters. The maximum Gasteiger partial charge on any atom is 0.332 e. The second-order valence-corrected chi connectivity index (χ2v) is 10.3. The van der Waals surface area contributed by atoms with Gasteiger partial charge in [-0.1, -0.05) is 56.6 Å². The van der Waals surface area contributed by atoms with Crippen LogP contribution in [-0.2, 0) is 15.8 Å². The lowest BCUT2D eigenvalue weighted by molar-refractivity contribution is 0.256. The van der Waals surface area contributed by atoms with E-state index >= 15 is 0 Å². The Morgan fingerprint density at radius 3 is 2.23 bits per heavy atom. The Morgan fingerprint density at radius 2 is 1.65 bits per heavy atom. The van der Waals surface area contributed by atoms with E-state index in [1.54, 1.807) is 25.1 Å². The smallest absolute Gasteiger partial charge is 0.332 e. The first kappa shape index (κ1) is 22.8. The summed E-state index contributed by atoms with van der Waals surface area (Å²) in [5.74, 6) is 0.00820. The van der Waals surface area contributed by atoms with Crippen LogP contribution in [0.4, 0.5) is 10.5 Å². The summed E-state index contributed by atoms with van der Waals surface area (Å²) in [5.41, 5.74) is 5.54. The number of carbonyl (C=O) groups excluding carboxylic acids is 1. The zero-order valence-electron chi connectivity index (χ0n) is 18.7. The predicted molar refractivity (Wildman–Crippen MR) is 123 cm³/mol. The zero-order valence-corrected chi connectivity index (χ0v) is 19.6. The Bertz CT molecular complexity index is 1200. The van der Waals surface area contributed by atoms with Gasteiger partial charge < -0.3 is 9.84 Å². The molecule has 0 aliphatic carbocycles. The normalized spacial score (nSPS) is 12.0. The molecule has 0 fully saturated rings. The van der Waals surface area contributed by atoms with E-state index < -0.39 is 16.1 Å². The molecule has 3 rings (SSSR count). The van der Waals surface area contributed by atoms with Crippen LogP contribution in [0.3, 0.4) is 0 Å². The fraction of sp³-hybridized carbons (Fsp3) is 0.391. The minimum Gasteiger partial charge on any atom is -0.356 e. The third-order valence-corrected chi connectivity index (χ3v) is 6.36. The molecule has 2 amide bonds. The first-order chi connectivity index (χ1) is 14.5. The molecule has 2 aromatic carbocycles. The van der Waals surface area contributed by atoms with Crippen molar-refractivity contribution in [2.45, 2.75) is 59.1 Å². The van der Waals surface area contributed by atoms with Gasteiger partial charge in [0.15, 0.2) is 5.58 Å². The number of nitrogens with one attached hydrogen (secondary N) is 2. The molecule has 0 spiro atoms. The number of urea groups is 1. The fourth-order valence-corrected chi connectivity index (χ4v) is 4.65. The third kappa shape index (κ3) is 5.25. The molecule has 1 aromatic heterocycles. The molecule has 0 unspecified atom stereocenters. The van der Waals surface area contributed by atoms with Crippen molar-refractivity contribution in [3.63, 3.8) is 0 Å². The molecule has 0 aliphatic heterocycles. The van der Waals surface area contributed by atoms with E-state index in [2.05, 4.69) is 15.2 Å². The van der Waals surface area contributed by atoms with Crippen molar-refractivity contribution in [2.75, 3.05) is 5.32 Å². The standard InChI is InChI=1S/C23H29N3O4S/c1-13(2)18-9-15(5)10-19(14(3)4)22(18)24-23(27)26-31(28,29)12-17-7-8-21-20(11-17)16(6)25-30-21/h7-11,13-14H,12H2,1-6H3,(H2,24,26,27). The second-order valence-electron chi connectivity index (χ2n) is 8.54. The van der Waals surface area contributed by atoms with E-state index in [0.29, 0.717) is 22.5 Å². The van der Waals surface area contributed by atoms with Crippen LogP contribution in [0.1, 0.15) is 67.5 Å². The molecule has 31 heavy (non-hydrogen) atoms. The number of hydrogen-bond donors (Lipinski definition) is 2. The van der Waals surface area contributed by atoms with Crippen molar-refractivity contribution < 1.29 is 17.7 Å². The first-order valence-electron chi connectivity index (χ1n) is 10.3. The van der Waals surface area contributed by atoms with Gasteiger partial charge in [0.1, 0.15) is 0 Å². The fourth-order valence-electron chi connectivity index (χ4n) is 3.63. The Hall–Kier alpha value is -2.87. The van der Waals surface area contributed by atoms with E-state index in [4.69, 9.17) is 4.52 Å². The lowest BCUT2D eigenvalue weighted by Crippen LogP contribution is -2.35. The average Bonchev–Trinajstić information content (AvgIpc) is 3.02. The molecule has 1 heterocycles. The van der Waals surface area contributed by atoms with Gasteiger partial charge in [-0.25, -0.2) is 17.9 Å². The van der Waals surface area contributed by atoms with Gasteiger partial charge >= 0.3 is 6.03 Å². The number of amides is 2. The van der Waals surface area contributed by atoms with Gasteiger partial charge in [-0.15, -0.1) is 0 Å². The topological polar surface area (TPSA) is 101 Å². The van der Waals surface area contributed by atoms with Gasteiger partial charge in [0.2, 0.25) is 10.0 Å². The second kappa shape index (κ2) is 8.70. The predicted octanol–water partition coefficient (Wildman–Crippen LogP) is 5.34. The van der Waals surface area contributed by atoms with Crippen molar-refractivity contribution in [1.82, 2.24) is 9.88 Å². The van der Waals surface area contributed by atoms with Gasteiger partial charge in [-0.3, -0.25) is 0 Å². The number of benzene rings is 2. The number of aromatic nitrogens is 1. The van der Waals surface area contributed by atoms with Crippen molar-refractivity contribution in [1.29, 1.82) is 0 Å². The van der Waals surface area contributed by atoms with Crippen LogP contribution in [0.25, 0.3) is 11.0 Å². The van der Waals surface area contributed by atoms with Crippen molar-refractivity contribution in [3.8, 4) is 0 Å². The van der Waals surface area contributed by atoms with Gasteiger partial charge in [0, 0.05) is 11.1 Å². The Labute approximate surface area is 183 Å². The Morgan fingerprint density at radius 1 is 1.03 bits per heavy atom. The van der Waals surface area contributed by atoms with Crippen LogP contribution in [0.15, 0.2) is 34.9 Å². The van der Waals surface area contributed by atoms with E-state index in [1.807, 2.05) is 46.8 Å². The molecule has 0 radical (unpaired) electrons. The van der Waals surface area contributed by atoms with Gasteiger partial charge in [-0.05, 0) is 54.5 Å². The minimum absolute atomic E-state index is 0.169. The lowest BCUT2D eigenvalue weighted by atomic mass is 9.90. The number of nitrogens with zero attached hydrogens (tertiary/aromatic N) is 1. The lowest BCUT2D eigenvalue weighted by Gasteiger charge is -2.21. The summed E-state index contributed by atoms with van der Waals surface area (Å²) in [6.07, 6.45) is 0. The molecule has 7 nitrogen and oxygen atoms in total. The third-order valence-electron chi connectivity index (χ3n) is 5.15. The molecular weight excluding hydrogens is 414 g/mol. The van der Waals surface area contributed by atoms with Crippen LogP contribution in [0.5, 0.6) is 0 Å². The molecule has 0 saturated heterocycles. The Kier molecular flexibility index (Phi) is 6.40. The van der Waals surface area contributed by atoms with Crippen molar-refractivity contribution in [3.05, 3.63) is 58.3 Å². The highest BCUT2D eigenvalue weighted by Crippen LogP contribution is 2.33. The number of rotatable bonds is 6. The molecule has 2 N–H and O–H groups in total. The SMILES string of the molecule is Cc1cc(C(C)C)c(NC(=O)NS(=O)(=O)Cc2ccc3onc(C)c3c2)c(C(C)C)c1. The van der Waals surface area contributed by atoms with Gasteiger partial charge in [0.25, 0.3) is 0 Å². The number of anilines is 1. The molecular formula is C23H29N3O4S. The maximum absolute atomic E-state index is 12.7. The average molecular weight is 444 g/mol. The number of hydrogen-bond acceptors (Lipinski definition) is 5. The number of fused-ring (bicyclic) bond motifs is 1. The summed E-state index contributed by atoms with van der Waals surface area (Å²) >= 11 is 0. The van der Waals surface area contributed by atoms with Crippen LogP contribution in [0.2, 0.25) is 0 Å². The number of carbonyl (C=O) groups is 1. The van der Waals surface area contributed by atoms with Crippen molar-refractivity contribution >= 4 is 32.7 Å². The molecule has 8 heteroatoms. The highest BCUT2D eigenvalue weighted by Gasteiger charge is 2.21. The highest BCUT2D eigenvalue weighted by molar-refractivity contribution is 7.89. The van der Waals surface area contributed by atoms with E-state index in [9.17, 15) is 13.2 Å². The highest BCUT2D eigenvalue weighted by atomic mass is 32.2. The molecule has 166 valence electrons. The summed E-state index contributed by atoms with van der Waals surface area (Å²) in [6, 6.07) is 8.32. The summed E-state index contributed by atoms with van der Waals surface area (Å²) in [5, 5.41) is 7.42. The monoisotopic (exact) mass is 443 g/mol. The first-order valence-corrected chi connectivity index (χ1v) is 11.9. The molecule has 0 saturated carbocycles. The quantitative estimate of drug-likeness (QED) is 0.535. The van der Waals surface area contributed by atoms with Crippen LogP contribution in [0, 0.1) is 13.8 Å². The summed E-state index contributed by atoms with van der Waals surface area (Å²) in [4.78, 5) is 12.7. The summed E-state index contributed by atoms with van der Waals surface area (Å²) in [7, 11) is -3.91. The zero-order chi connectivity index (χ0) is 22.9. The van der Waals surface area contributed by atoms with Crippen LogP contribution < -0.4 is 10.0 Å². The minimum atomic E-state index is -3.91. The van der Waals surface area contributed by atoms with Crippen molar-refractivity contribution in [2.24, 2.45) is 0 Å². The summed E-state index contributed by atoms with van der Waals surface area (Å²) < 4.78 is 32.6. The summed E-state index contributed by atoms with van der Waals surface area (Å²) in [6.45, 7) is 12.0.